The van der Waals surface area contributed by atoms with E-state index in [9.17, 15) is 9.59 Å². The van der Waals surface area contributed by atoms with Gasteiger partial charge in [0.2, 0.25) is 0 Å². The van der Waals surface area contributed by atoms with E-state index in [1.54, 1.807) is 13.8 Å². The van der Waals surface area contributed by atoms with Gasteiger partial charge in [-0.1, -0.05) is 0 Å². The van der Waals surface area contributed by atoms with Crippen LogP contribution in [0.25, 0.3) is 0 Å². The lowest BCUT2D eigenvalue weighted by molar-refractivity contribution is -0.154. The maximum Gasteiger partial charge on any atom is 0.314 e. The number of carboxylic acid groups (broad SMARTS) is 2. The van der Waals surface area contributed by atoms with Crippen molar-refractivity contribution in [1.29, 1.82) is 0 Å². The Morgan fingerprint density at radius 1 is 0.667 bits per heavy atom. The van der Waals surface area contributed by atoms with Crippen molar-refractivity contribution in [2.75, 3.05) is 33.0 Å². The molecule has 0 radical (unpaired) electrons. The zero-order valence-electron chi connectivity index (χ0n) is 14.6. The molecule has 0 aliphatic rings. The molecule has 0 aromatic carbocycles. The Bertz CT molecular complexity index is 330. The summed E-state index contributed by atoms with van der Waals surface area (Å²) in [4.78, 5) is 20.3. The molecule has 0 rings (SSSR count). The molecule has 0 atom stereocenters. The van der Waals surface area contributed by atoms with Crippen LogP contribution >= 0.6 is 0 Å². The molecule has 146 valence electrons. The third-order valence-electron chi connectivity index (χ3n) is 2.84. The molecule has 0 unspecified atom stereocenters. The quantitative estimate of drug-likeness (QED) is 0.248. The van der Waals surface area contributed by atoms with Gasteiger partial charge >= 0.3 is 11.9 Å². The minimum atomic E-state index is -1.39. The highest BCUT2D eigenvalue weighted by atomic mass is 16.4. The van der Waals surface area contributed by atoms with Crippen LogP contribution in [0.4, 0.5) is 0 Å². The lowest BCUT2D eigenvalue weighted by Crippen LogP contribution is -2.35. The van der Waals surface area contributed by atoms with Gasteiger partial charge in [-0.2, -0.15) is 0 Å². The normalized spacial score (nSPS) is 11.6. The van der Waals surface area contributed by atoms with Gasteiger partial charge in [0.15, 0.2) is 0 Å². The van der Waals surface area contributed by atoms with E-state index in [0.717, 1.165) is 0 Å². The van der Waals surface area contributed by atoms with E-state index in [-0.39, 0.29) is 6.61 Å². The molecule has 0 aliphatic carbocycles. The minimum absolute atomic E-state index is 0.0486. The van der Waals surface area contributed by atoms with Crippen LogP contribution in [0.1, 0.15) is 27.7 Å². The largest absolute Gasteiger partial charge is 0.481 e. The summed E-state index contributed by atoms with van der Waals surface area (Å²) in [5.41, 5.74) is 2.10. The Morgan fingerprint density at radius 3 is 0.833 bits per heavy atom. The average molecular weight is 357 g/mol. The van der Waals surface area contributed by atoms with Crippen LogP contribution in [-0.4, -0.2) is 86.3 Å². The SMILES string of the molecule is CC(C)(N)CO.CC(CO)(CO)C(=O)O.CC(CO)(CO)C(=O)O. The fourth-order valence-corrected chi connectivity index (χ4v) is 0.371. The van der Waals surface area contributed by atoms with Crippen LogP contribution in [-0.2, 0) is 9.59 Å². The molecule has 0 spiro atoms. The van der Waals surface area contributed by atoms with Gasteiger partial charge in [0, 0.05) is 5.54 Å². The zero-order chi connectivity index (χ0) is 20.2. The van der Waals surface area contributed by atoms with Crippen LogP contribution in [0.3, 0.4) is 0 Å². The van der Waals surface area contributed by atoms with Crippen LogP contribution < -0.4 is 5.73 Å². The standard InChI is InChI=1S/2C5H10O4.C4H11NO/c2*1-5(2-6,3-7)4(8)9;1-4(2,5)3-6/h2*6-7H,2-3H2,1H3,(H,8,9);6H,3,5H2,1-2H3. The summed E-state index contributed by atoms with van der Waals surface area (Å²) in [5.74, 6) is -2.37. The second kappa shape index (κ2) is 12.1. The van der Waals surface area contributed by atoms with Gasteiger partial charge in [-0.05, 0) is 27.7 Å². The molecule has 0 bridgehead atoms. The molecule has 0 aromatic heterocycles. The first-order valence-corrected chi connectivity index (χ1v) is 6.99. The summed E-state index contributed by atoms with van der Waals surface area (Å²) in [7, 11) is 0. The van der Waals surface area contributed by atoms with E-state index in [1.165, 1.54) is 13.8 Å². The molecule has 0 aliphatic heterocycles. The Labute approximate surface area is 141 Å². The van der Waals surface area contributed by atoms with Crippen molar-refractivity contribution >= 4 is 11.9 Å². The number of hydrogen-bond acceptors (Lipinski definition) is 8. The molecule has 0 saturated heterocycles. The number of carboxylic acids is 2. The molecule has 0 fully saturated rings. The van der Waals surface area contributed by atoms with Crippen molar-refractivity contribution in [2.45, 2.75) is 33.2 Å². The Balaban J connectivity index is -0.000000282. The number of carbonyl (C=O) groups is 2. The number of hydrogen-bond donors (Lipinski definition) is 8. The average Bonchev–Trinajstić information content (AvgIpc) is 2.53. The first kappa shape index (κ1) is 27.5. The molecule has 0 saturated carbocycles. The van der Waals surface area contributed by atoms with Gasteiger partial charge in [0.1, 0.15) is 10.8 Å². The summed E-state index contributed by atoms with van der Waals surface area (Å²) in [6.07, 6.45) is 0. The summed E-state index contributed by atoms with van der Waals surface area (Å²) in [5, 5.41) is 58.6. The van der Waals surface area contributed by atoms with E-state index in [1.807, 2.05) is 0 Å². The van der Waals surface area contributed by atoms with Crippen molar-refractivity contribution in [3.8, 4) is 0 Å². The molecule has 10 heteroatoms. The monoisotopic (exact) mass is 357 g/mol. The van der Waals surface area contributed by atoms with Crippen LogP contribution in [0.5, 0.6) is 0 Å². The van der Waals surface area contributed by atoms with Crippen molar-refractivity contribution < 1.29 is 45.3 Å². The van der Waals surface area contributed by atoms with Gasteiger partial charge in [0.05, 0.1) is 33.0 Å². The van der Waals surface area contributed by atoms with Gasteiger partial charge in [-0.3, -0.25) is 9.59 Å². The molecular formula is C14H31NO9. The highest BCUT2D eigenvalue weighted by Crippen LogP contribution is 2.13. The molecule has 10 nitrogen and oxygen atoms in total. The molecule has 0 amide bonds. The van der Waals surface area contributed by atoms with Gasteiger partial charge in [-0.15, -0.1) is 0 Å². The summed E-state index contributed by atoms with van der Waals surface area (Å²) < 4.78 is 0. The number of aliphatic carboxylic acids is 2. The number of aliphatic hydroxyl groups excluding tert-OH is 5. The molecule has 24 heavy (non-hydrogen) atoms. The Hall–Kier alpha value is -1.30. The third-order valence-corrected chi connectivity index (χ3v) is 2.84. The first-order valence-electron chi connectivity index (χ1n) is 6.99. The van der Waals surface area contributed by atoms with Crippen molar-refractivity contribution in [2.24, 2.45) is 16.6 Å². The van der Waals surface area contributed by atoms with E-state index in [0.29, 0.717) is 0 Å². The number of aliphatic hydroxyl groups is 5. The molecule has 0 aromatic rings. The topological polar surface area (TPSA) is 202 Å². The predicted octanol–water partition coefficient (Wildman–Crippen LogP) is -2.16. The van der Waals surface area contributed by atoms with E-state index < -0.39 is 54.7 Å². The Kier molecular flexibility index (Phi) is 13.9. The molecular weight excluding hydrogens is 326 g/mol. The summed E-state index contributed by atoms with van der Waals surface area (Å²) in [6.45, 7) is 3.97. The van der Waals surface area contributed by atoms with Gasteiger partial charge in [-0.25, -0.2) is 0 Å². The second-order valence-electron chi connectivity index (χ2n) is 6.51. The molecule has 0 heterocycles. The number of nitrogens with two attached hydrogens (primary N) is 1. The highest BCUT2D eigenvalue weighted by Gasteiger charge is 2.31. The van der Waals surface area contributed by atoms with E-state index >= 15 is 0 Å². The van der Waals surface area contributed by atoms with Crippen molar-refractivity contribution in [3.05, 3.63) is 0 Å². The lowest BCUT2D eigenvalue weighted by Gasteiger charge is -2.17. The fourth-order valence-electron chi connectivity index (χ4n) is 0.371. The van der Waals surface area contributed by atoms with Crippen molar-refractivity contribution in [1.82, 2.24) is 0 Å². The smallest absolute Gasteiger partial charge is 0.314 e. The van der Waals surface area contributed by atoms with Crippen LogP contribution in [0, 0.1) is 10.8 Å². The first-order chi connectivity index (χ1) is 10.7. The number of rotatable bonds is 7. The lowest BCUT2D eigenvalue weighted by atomic mass is 9.94. The minimum Gasteiger partial charge on any atom is -0.481 e. The zero-order valence-corrected chi connectivity index (χ0v) is 14.6. The Morgan fingerprint density at radius 2 is 0.833 bits per heavy atom. The maximum absolute atomic E-state index is 10.2. The van der Waals surface area contributed by atoms with Crippen molar-refractivity contribution in [3.63, 3.8) is 0 Å². The fraction of sp³-hybridized carbons (Fsp3) is 0.857. The van der Waals surface area contributed by atoms with Crippen LogP contribution in [0.15, 0.2) is 0 Å². The maximum atomic E-state index is 10.2. The van der Waals surface area contributed by atoms with E-state index in [4.69, 9.17) is 41.5 Å². The summed E-state index contributed by atoms with van der Waals surface area (Å²) >= 11 is 0. The second-order valence-corrected chi connectivity index (χ2v) is 6.51. The highest BCUT2D eigenvalue weighted by molar-refractivity contribution is 5.74. The van der Waals surface area contributed by atoms with Gasteiger partial charge in [0.25, 0.3) is 0 Å². The molecule has 9 N–H and O–H groups in total. The predicted molar refractivity (Wildman–Crippen MR) is 85.2 cm³/mol. The third kappa shape index (κ3) is 12.2. The van der Waals surface area contributed by atoms with Gasteiger partial charge < -0.3 is 41.5 Å². The van der Waals surface area contributed by atoms with E-state index in [2.05, 4.69) is 0 Å². The van der Waals surface area contributed by atoms with Crippen LogP contribution in [0.2, 0.25) is 0 Å². The summed E-state index contributed by atoms with van der Waals surface area (Å²) in [6, 6.07) is 0.